The number of benzene rings is 2. The number of hydrogen-bond donors (Lipinski definition) is 2. The quantitative estimate of drug-likeness (QED) is 0.657. The van der Waals surface area contributed by atoms with Crippen LogP contribution in [0.5, 0.6) is 5.75 Å². The lowest BCUT2D eigenvalue weighted by Crippen LogP contribution is -2.37. The van der Waals surface area contributed by atoms with E-state index < -0.39 is 22.1 Å². The number of hydrogen-bond acceptors (Lipinski definition) is 5. The molecule has 2 aromatic carbocycles. The van der Waals surface area contributed by atoms with E-state index in [1.165, 1.54) is 30.1 Å². The summed E-state index contributed by atoms with van der Waals surface area (Å²) in [6.07, 6.45) is 0.776. The lowest BCUT2D eigenvalue weighted by molar-refractivity contribution is -0.128. The van der Waals surface area contributed by atoms with Gasteiger partial charge in [0, 0.05) is 37.7 Å². The lowest BCUT2D eigenvalue weighted by atomic mass is 10.1. The monoisotopic (exact) mass is 462 g/mol. The standard InChI is InChI=1S/C21H23FN4O5S/c1-23-32(29,30)24-17-5-2-4-16(20(17)22)13-26-12-15-8-7-14(10-18(15)31-21(26)28)11-25-9-3-6-19(25)27/h2,4-5,7-8,10,23-24H,3,6,9,11-13H2,1H3. The zero-order chi connectivity index (χ0) is 22.9. The SMILES string of the molecule is CNS(=O)(=O)Nc1cccc(CN2Cc3ccc(CN4CCCC4=O)cc3OC2=O)c1F. The van der Waals surface area contributed by atoms with Crippen molar-refractivity contribution in [2.45, 2.75) is 32.5 Å². The molecule has 2 aromatic rings. The average Bonchev–Trinajstić information content (AvgIpc) is 3.16. The number of nitrogens with one attached hydrogen (secondary N) is 2. The van der Waals surface area contributed by atoms with E-state index in [2.05, 4.69) is 9.44 Å². The van der Waals surface area contributed by atoms with Crippen LogP contribution >= 0.6 is 0 Å². The van der Waals surface area contributed by atoms with Crippen molar-refractivity contribution in [1.82, 2.24) is 14.5 Å². The molecule has 0 radical (unpaired) electrons. The fourth-order valence-corrected chi connectivity index (χ4v) is 4.30. The molecular formula is C21H23FN4O5S. The molecule has 1 fully saturated rings. The lowest BCUT2D eigenvalue weighted by Gasteiger charge is -2.29. The van der Waals surface area contributed by atoms with Crippen LogP contribution in [0.3, 0.4) is 0 Å². The van der Waals surface area contributed by atoms with Gasteiger partial charge in [-0.05, 0) is 24.1 Å². The van der Waals surface area contributed by atoms with Crippen molar-refractivity contribution in [2.24, 2.45) is 0 Å². The predicted octanol–water partition coefficient (Wildman–Crippen LogP) is 2.34. The summed E-state index contributed by atoms with van der Waals surface area (Å²) in [6, 6.07) is 9.74. The molecule has 32 heavy (non-hydrogen) atoms. The molecule has 11 heteroatoms. The Morgan fingerprint density at radius 2 is 1.94 bits per heavy atom. The van der Waals surface area contributed by atoms with Crippen molar-refractivity contribution in [3.8, 4) is 5.75 Å². The summed E-state index contributed by atoms with van der Waals surface area (Å²) in [5.41, 5.74) is 1.55. The maximum Gasteiger partial charge on any atom is 0.415 e. The number of amides is 2. The number of carbonyl (C=O) groups is 2. The second kappa shape index (κ2) is 8.75. The molecule has 0 atom stereocenters. The number of rotatable bonds is 7. The van der Waals surface area contributed by atoms with E-state index in [1.54, 1.807) is 11.0 Å². The minimum atomic E-state index is -3.88. The molecule has 0 spiro atoms. The van der Waals surface area contributed by atoms with Gasteiger partial charge in [-0.3, -0.25) is 14.4 Å². The van der Waals surface area contributed by atoms with Crippen molar-refractivity contribution < 1.29 is 27.1 Å². The predicted molar refractivity (Wildman–Crippen MR) is 114 cm³/mol. The van der Waals surface area contributed by atoms with E-state index in [1.807, 2.05) is 12.1 Å². The van der Waals surface area contributed by atoms with Gasteiger partial charge in [0.2, 0.25) is 5.91 Å². The molecule has 1 saturated heterocycles. The van der Waals surface area contributed by atoms with Crippen LogP contribution in [0.15, 0.2) is 36.4 Å². The molecule has 0 aromatic heterocycles. The molecule has 0 saturated carbocycles. The Labute approximate surface area is 185 Å². The highest BCUT2D eigenvalue weighted by atomic mass is 32.2. The van der Waals surface area contributed by atoms with E-state index in [4.69, 9.17) is 4.74 Å². The van der Waals surface area contributed by atoms with E-state index in [9.17, 15) is 22.4 Å². The van der Waals surface area contributed by atoms with Crippen LogP contribution in [-0.2, 0) is 34.6 Å². The van der Waals surface area contributed by atoms with Gasteiger partial charge in [-0.15, -0.1) is 0 Å². The molecule has 170 valence electrons. The summed E-state index contributed by atoms with van der Waals surface area (Å²) < 4.78 is 47.8. The number of ether oxygens (including phenoxy) is 1. The van der Waals surface area contributed by atoms with E-state index >= 15 is 0 Å². The molecule has 4 rings (SSSR count). The van der Waals surface area contributed by atoms with Crippen LogP contribution in [-0.4, -0.2) is 43.8 Å². The van der Waals surface area contributed by atoms with Gasteiger partial charge >= 0.3 is 6.09 Å². The molecule has 2 aliphatic heterocycles. The molecule has 9 nitrogen and oxygen atoms in total. The van der Waals surface area contributed by atoms with Gasteiger partial charge in [-0.2, -0.15) is 8.42 Å². The topological polar surface area (TPSA) is 108 Å². The number of anilines is 1. The minimum Gasteiger partial charge on any atom is -0.410 e. The molecule has 0 bridgehead atoms. The first-order valence-electron chi connectivity index (χ1n) is 10.1. The third-order valence-electron chi connectivity index (χ3n) is 5.45. The fraction of sp³-hybridized carbons (Fsp3) is 0.333. The van der Waals surface area contributed by atoms with Crippen molar-refractivity contribution in [2.75, 3.05) is 18.3 Å². The van der Waals surface area contributed by atoms with E-state index in [-0.39, 0.29) is 30.2 Å². The van der Waals surface area contributed by atoms with Gasteiger partial charge in [0.05, 0.1) is 18.8 Å². The third-order valence-corrected chi connectivity index (χ3v) is 6.47. The Morgan fingerprint density at radius 3 is 2.66 bits per heavy atom. The highest BCUT2D eigenvalue weighted by Crippen LogP contribution is 2.30. The Morgan fingerprint density at radius 1 is 1.12 bits per heavy atom. The minimum absolute atomic E-state index is 0.0940. The zero-order valence-electron chi connectivity index (χ0n) is 17.4. The van der Waals surface area contributed by atoms with Crippen LogP contribution in [0.25, 0.3) is 0 Å². The van der Waals surface area contributed by atoms with Gasteiger partial charge in [0.25, 0.3) is 10.2 Å². The van der Waals surface area contributed by atoms with Crippen molar-refractivity contribution >= 4 is 27.9 Å². The van der Waals surface area contributed by atoms with Gasteiger partial charge < -0.3 is 9.64 Å². The van der Waals surface area contributed by atoms with Gasteiger partial charge in [0.1, 0.15) is 5.75 Å². The summed E-state index contributed by atoms with van der Waals surface area (Å²) in [7, 11) is -2.67. The second-order valence-corrected chi connectivity index (χ2v) is 9.29. The maximum absolute atomic E-state index is 14.8. The highest BCUT2D eigenvalue weighted by Gasteiger charge is 2.27. The smallest absolute Gasteiger partial charge is 0.410 e. The van der Waals surface area contributed by atoms with Crippen LogP contribution in [0.2, 0.25) is 0 Å². The summed E-state index contributed by atoms with van der Waals surface area (Å²) in [5.74, 6) is -0.228. The first kappa shape index (κ1) is 22.0. The van der Waals surface area contributed by atoms with Gasteiger partial charge in [-0.25, -0.2) is 13.9 Å². The number of likely N-dealkylation sites (tertiary alicyclic amines) is 1. The zero-order valence-corrected chi connectivity index (χ0v) is 18.2. The normalized spacial score (nSPS) is 16.2. The Hall–Kier alpha value is -3.18. The largest absolute Gasteiger partial charge is 0.415 e. The maximum atomic E-state index is 14.8. The molecule has 0 unspecified atom stereocenters. The molecule has 2 heterocycles. The summed E-state index contributed by atoms with van der Waals surface area (Å²) >= 11 is 0. The van der Waals surface area contributed by atoms with Gasteiger partial charge in [0.15, 0.2) is 5.82 Å². The number of fused-ring (bicyclic) bond motifs is 1. The van der Waals surface area contributed by atoms with Crippen LogP contribution < -0.4 is 14.2 Å². The summed E-state index contributed by atoms with van der Waals surface area (Å²) in [5, 5.41) is 0. The average molecular weight is 463 g/mol. The Kier molecular flexibility index (Phi) is 6.02. The Balaban J connectivity index is 1.48. The molecule has 2 aliphatic rings. The van der Waals surface area contributed by atoms with Crippen LogP contribution in [0.4, 0.5) is 14.9 Å². The number of carbonyl (C=O) groups excluding carboxylic acids is 2. The number of nitrogens with zero attached hydrogens (tertiary/aromatic N) is 2. The molecule has 2 amide bonds. The summed E-state index contributed by atoms with van der Waals surface area (Å²) in [4.78, 5) is 27.5. The van der Waals surface area contributed by atoms with Crippen LogP contribution in [0, 0.1) is 5.82 Å². The summed E-state index contributed by atoms with van der Waals surface area (Å²) in [6.45, 7) is 1.30. The van der Waals surface area contributed by atoms with Gasteiger partial charge in [-0.1, -0.05) is 24.3 Å². The van der Waals surface area contributed by atoms with E-state index in [0.717, 1.165) is 24.1 Å². The van der Waals surface area contributed by atoms with Crippen molar-refractivity contribution in [3.05, 3.63) is 58.9 Å². The first-order chi connectivity index (χ1) is 15.3. The third kappa shape index (κ3) is 4.68. The highest BCUT2D eigenvalue weighted by molar-refractivity contribution is 7.90. The molecule has 0 aliphatic carbocycles. The Bertz CT molecular complexity index is 1170. The second-order valence-electron chi connectivity index (χ2n) is 7.67. The molecular weight excluding hydrogens is 439 g/mol. The van der Waals surface area contributed by atoms with Crippen LogP contribution in [0.1, 0.15) is 29.5 Å². The fourth-order valence-electron chi connectivity index (χ4n) is 3.75. The van der Waals surface area contributed by atoms with E-state index in [0.29, 0.717) is 18.7 Å². The first-order valence-corrected chi connectivity index (χ1v) is 11.6. The number of halogens is 1. The molecule has 2 N–H and O–H groups in total. The van der Waals surface area contributed by atoms with Crippen molar-refractivity contribution in [3.63, 3.8) is 0 Å². The van der Waals surface area contributed by atoms with Crippen molar-refractivity contribution in [1.29, 1.82) is 0 Å².